The molecule has 1 aliphatic heterocycles. The minimum atomic E-state index is -0.954. The van der Waals surface area contributed by atoms with Crippen LogP contribution >= 0.6 is 0 Å². The van der Waals surface area contributed by atoms with E-state index in [9.17, 15) is 24.8 Å². The maximum atomic E-state index is 12.7. The van der Waals surface area contributed by atoms with Gasteiger partial charge in [-0.15, -0.1) is 0 Å². The summed E-state index contributed by atoms with van der Waals surface area (Å²) >= 11 is 0. The fourth-order valence-electron chi connectivity index (χ4n) is 2.99. The van der Waals surface area contributed by atoms with Crippen LogP contribution in [0.3, 0.4) is 0 Å². The van der Waals surface area contributed by atoms with Gasteiger partial charge in [0.05, 0.1) is 23.3 Å². The van der Waals surface area contributed by atoms with Gasteiger partial charge in [0.15, 0.2) is 0 Å². The summed E-state index contributed by atoms with van der Waals surface area (Å²) in [6, 6.07) is 11.6. The van der Waals surface area contributed by atoms with E-state index in [4.69, 9.17) is 4.74 Å². The monoisotopic (exact) mass is 385 g/mol. The van der Waals surface area contributed by atoms with E-state index >= 15 is 0 Å². The highest BCUT2D eigenvalue weighted by Gasteiger charge is 2.40. The summed E-state index contributed by atoms with van der Waals surface area (Å²) in [6.07, 6.45) is -1.58. The van der Waals surface area contributed by atoms with Crippen molar-refractivity contribution >= 4 is 23.4 Å². The van der Waals surface area contributed by atoms with Crippen molar-refractivity contribution in [3.63, 3.8) is 0 Å². The molecule has 2 aromatic rings. The second-order valence-corrected chi connectivity index (χ2v) is 6.48. The molecule has 1 saturated heterocycles. The number of β-amino-alcohol motifs (C(OH)–C–C–N with tert-alkyl or cyclic N) is 1. The lowest BCUT2D eigenvalue weighted by atomic mass is 10.1. The molecule has 0 bridgehead atoms. The first-order valence-electron chi connectivity index (χ1n) is 8.62. The highest BCUT2D eigenvalue weighted by atomic mass is 16.6. The number of aliphatic hydroxyl groups is 1. The van der Waals surface area contributed by atoms with E-state index in [0.717, 1.165) is 4.90 Å². The van der Waals surface area contributed by atoms with Crippen LogP contribution in [0.4, 0.5) is 16.2 Å². The minimum Gasteiger partial charge on any atom is -0.410 e. The van der Waals surface area contributed by atoms with E-state index in [1.54, 1.807) is 37.3 Å². The van der Waals surface area contributed by atoms with Crippen molar-refractivity contribution in [3.05, 3.63) is 64.2 Å². The number of carbonyl (C=O) groups excluding carboxylic acids is 2. The zero-order valence-corrected chi connectivity index (χ0v) is 15.1. The highest BCUT2D eigenvalue weighted by Crippen LogP contribution is 2.25. The third-order valence-electron chi connectivity index (χ3n) is 4.45. The molecule has 0 aliphatic carbocycles. The summed E-state index contributed by atoms with van der Waals surface area (Å²) in [6.45, 7) is 1.65. The molecule has 1 fully saturated rings. The standard InChI is InChI=1S/C19H19N3O6/c1-12-7-8-13(22(26)27)9-16(12)20-18(24)17-10-14(23)11-21(17)19(25)28-15-5-3-2-4-6-15/h2-9,14,17,23H,10-11H2,1H3,(H,20,24)/t14-,17+/m0/s1. The topological polar surface area (TPSA) is 122 Å². The minimum absolute atomic E-state index is 0.0440. The largest absolute Gasteiger partial charge is 0.416 e. The second kappa shape index (κ2) is 8.05. The number of non-ortho nitro benzene ring substituents is 1. The van der Waals surface area contributed by atoms with Crippen molar-refractivity contribution in [1.29, 1.82) is 0 Å². The molecule has 0 radical (unpaired) electrons. The van der Waals surface area contributed by atoms with Crippen LogP contribution in [-0.4, -0.2) is 45.6 Å². The Morgan fingerprint density at radius 1 is 1.25 bits per heavy atom. The number of aliphatic hydroxyl groups excluding tert-OH is 1. The molecule has 146 valence electrons. The molecular weight excluding hydrogens is 366 g/mol. The second-order valence-electron chi connectivity index (χ2n) is 6.48. The molecule has 3 rings (SSSR count). The highest BCUT2D eigenvalue weighted by molar-refractivity contribution is 5.97. The number of rotatable bonds is 4. The number of nitro benzene ring substituents is 1. The molecule has 9 heteroatoms. The van der Waals surface area contributed by atoms with Crippen LogP contribution in [0.15, 0.2) is 48.5 Å². The molecule has 2 N–H and O–H groups in total. The first kappa shape index (κ1) is 19.3. The number of ether oxygens (including phenoxy) is 1. The van der Waals surface area contributed by atoms with Gasteiger partial charge in [-0.2, -0.15) is 0 Å². The van der Waals surface area contributed by atoms with Gasteiger partial charge in [-0.3, -0.25) is 19.8 Å². The molecule has 1 aliphatic rings. The van der Waals surface area contributed by atoms with E-state index in [2.05, 4.69) is 5.32 Å². The lowest BCUT2D eigenvalue weighted by molar-refractivity contribution is -0.384. The van der Waals surface area contributed by atoms with Crippen molar-refractivity contribution in [2.75, 3.05) is 11.9 Å². The first-order chi connectivity index (χ1) is 13.3. The molecule has 0 saturated carbocycles. The fraction of sp³-hybridized carbons (Fsp3) is 0.263. The summed E-state index contributed by atoms with van der Waals surface area (Å²) in [5.41, 5.74) is 0.751. The van der Waals surface area contributed by atoms with Crippen molar-refractivity contribution in [1.82, 2.24) is 4.90 Å². The number of nitro groups is 1. The molecular formula is C19H19N3O6. The first-order valence-corrected chi connectivity index (χ1v) is 8.62. The van der Waals surface area contributed by atoms with Crippen LogP contribution in [0.1, 0.15) is 12.0 Å². The predicted octanol–water partition coefficient (Wildman–Crippen LogP) is 2.48. The van der Waals surface area contributed by atoms with E-state index in [1.807, 2.05) is 0 Å². The number of carbonyl (C=O) groups is 2. The number of amides is 2. The molecule has 2 atom stereocenters. The van der Waals surface area contributed by atoms with Gasteiger partial charge >= 0.3 is 6.09 Å². The van der Waals surface area contributed by atoms with Gasteiger partial charge in [0.2, 0.25) is 5.91 Å². The Morgan fingerprint density at radius 3 is 2.64 bits per heavy atom. The molecule has 2 aromatic carbocycles. The maximum absolute atomic E-state index is 12.7. The number of hydrogen-bond donors (Lipinski definition) is 2. The smallest absolute Gasteiger partial charge is 0.410 e. The average molecular weight is 385 g/mol. The van der Waals surface area contributed by atoms with Crippen LogP contribution in [0, 0.1) is 17.0 Å². The molecule has 0 unspecified atom stereocenters. The van der Waals surface area contributed by atoms with Gasteiger partial charge in [-0.25, -0.2) is 4.79 Å². The van der Waals surface area contributed by atoms with Gasteiger partial charge in [0.25, 0.3) is 5.69 Å². The zero-order valence-electron chi connectivity index (χ0n) is 15.1. The number of anilines is 1. The molecule has 2 amide bonds. The quantitative estimate of drug-likeness (QED) is 0.616. The molecule has 9 nitrogen and oxygen atoms in total. The number of nitrogens with zero attached hydrogens (tertiary/aromatic N) is 2. The lowest BCUT2D eigenvalue weighted by Gasteiger charge is -2.23. The summed E-state index contributed by atoms with van der Waals surface area (Å²) in [4.78, 5) is 36.7. The average Bonchev–Trinajstić information content (AvgIpc) is 3.06. The van der Waals surface area contributed by atoms with E-state index in [1.165, 1.54) is 18.2 Å². The Labute approximate surface area is 160 Å². The van der Waals surface area contributed by atoms with Gasteiger partial charge < -0.3 is 15.2 Å². The van der Waals surface area contributed by atoms with Gasteiger partial charge in [-0.1, -0.05) is 24.3 Å². The predicted molar refractivity (Wildman–Crippen MR) is 100 cm³/mol. The Bertz CT molecular complexity index is 902. The van der Waals surface area contributed by atoms with Crippen LogP contribution in [-0.2, 0) is 4.79 Å². The third kappa shape index (κ3) is 4.26. The van der Waals surface area contributed by atoms with Crippen molar-refractivity contribution < 1.29 is 24.4 Å². The summed E-state index contributed by atoms with van der Waals surface area (Å²) in [5, 5.41) is 23.5. The lowest BCUT2D eigenvalue weighted by Crippen LogP contribution is -2.44. The van der Waals surface area contributed by atoms with Crippen LogP contribution in [0.2, 0.25) is 0 Å². The molecule has 0 spiro atoms. The summed E-state index contributed by atoms with van der Waals surface area (Å²) in [5.74, 6) is -0.229. The van der Waals surface area contributed by atoms with Gasteiger partial charge in [0, 0.05) is 18.6 Å². The Kier molecular flexibility index (Phi) is 5.55. The third-order valence-corrected chi connectivity index (χ3v) is 4.45. The van der Waals surface area contributed by atoms with Crippen molar-refractivity contribution in [3.8, 4) is 5.75 Å². The Hall–Kier alpha value is -3.46. The molecule has 1 heterocycles. The van der Waals surface area contributed by atoms with Crippen molar-refractivity contribution in [2.24, 2.45) is 0 Å². The number of hydrogen-bond acceptors (Lipinski definition) is 6. The Balaban J connectivity index is 1.75. The summed E-state index contributed by atoms with van der Waals surface area (Å²) < 4.78 is 5.26. The zero-order chi connectivity index (χ0) is 20.3. The van der Waals surface area contributed by atoms with Crippen LogP contribution < -0.4 is 10.1 Å². The molecule has 0 aromatic heterocycles. The van der Waals surface area contributed by atoms with Gasteiger partial charge in [0.1, 0.15) is 11.8 Å². The number of benzene rings is 2. The summed E-state index contributed by atoms with van der Waals surface area (Å²) in [7, 11) is 0. The van der Waals surface area contributed by atoms with E-state index < -0.39 is 29.1 Å². The maximum Gasteiger partial charge on any atom is 0.416 e. The SMILES string of the molecule is Cc1ccc([N+](=O)[O-])cc1NC(=O)[C@H]1C[C@H](O)CN1C(=O)Oc1ccccc1. The fourth-order valence-corrected chi connectivity index (χ4v) is 2.99. The van der Waals surface area contributed by atoms with Crippen LogP contribution in [0.5, 0.6) is 5.75 Å². The van der Waals surface area contributed by atoms with Crippen LogP contribution in [0.25, 0.3) is 0 Å². The van der Waals surface area contributed by atoms with Crippen molar-refractivity contribution in [2.45, 2.75) is 25.5 Å². The Morgan fingerprint density at radius 2 is 1.96 bits per heavy atom. The number of aryl methyl sites for hydroxylation is 1. The van der Waals surface area contributed by atoms with Gasteiger partial charge in [-0.05, 0) is 24.6 Å². The number of likely N-dealkylation sites (tertiary alicyclic amines) is 1. The van der Waals surface area contributed by atoms with E-state index in [-0.39, 0.29) is 24.3 Å². The number of nitrogens with one attached hydrogen (secondary N) is 1. The molecule has 28 heavy (non-hydrogen) atoms. The van der Waals surface area contributed by atoms with E-state index in [0.29, 0.717) is 11.3 Å². The number of para-hydroxylation sites is 1. The normalized spacial score (nSPS) is 18.6.